The second kappa shape index (κ2) is 6.82. The number of hydrogen-bond donors (Lipinski definition) is 3. The average molecular weight is 346 g/mol. The molecule has 0 aliphatic rings. The quantitative estimate of drug-likeness (QED) is 0.795. The lowest BCUT2D eigenvalue weighted by molar-refractivity contribution is -0.137. The van der Waals surface area contributed by atoms with E-state index in [1.807, 2.05) is 17.3 Å². The van der Waals surface area contributed by atoms with Gasteiger partial charge in [-0.3, -0.25) is 4.79 Å². The number of carbonyl (C=O) groups excluding carboxylic acids is 1. The molecule has 0 aromatic carbocycles. The van der Waals surface area contributed by atoms with Gasteiger partial charge in [-0.05, 0) is 13.0 Å². The summed E-state index contributed by atoms with van der Waals surface area (Å²) in [5.41, 5.74) is -1.46. The standard InChI is InChI=1S/C13H13F3N4O2S/c1-7-6-23-10(19-7)2-3-17-12(22)20-9-4-8(13(14,15)16)5-18-11(9)21/h4-6H,2-3H2,1H3,(H,18,21)(H2,17,20,22). The lowest BCUT2D eigenvalue weighted by Gasteiger charge is -2.09. The van der Waals surface area contributed by atoms with Crippen LogP contribution in [0.1, 0.15) is 16.3 Å². The van der Waals surface area contributed by atoms with Crippen LogP contribution in [-0.4, -0.2) is 22.5 Å². The largest absolute Gasteiger partial charge is 0.417 e. The van der Waals surface area contributed by atoms with Crippen molar-refractivity contribution in [2.75, 3.05) is 11.9 Å². The molecule has 0 radical (unpaired) electrons. The van der Waals surface area contributed by atoms with Crippen molar-refractivity contribution < 1.29 is 18.0 Å². The number of H-pyrrole nitrogens is 1. The van der Waals surface area contributed by atoms with Crippen molar-refractivity contribution >= 4 is 23.1 Å². The first-order valence-electron chi connectivity index (χ1n) is 6.51. The van der Waals surface area contributed by atoms with Crippen LogP contribution in [0.4, 0.5) is 23.7 Å². The molecule has 0 unspecified atom stereocenters. The van der Waals surface area contributed by atoms with Crippen molar-refractivity contribution in [1.82, 2.24) is 15.3 Å². The van der Waals surface area contributed by atoms with Crippen molar-refractivity contribution in [2.24, 2.45) is 0 Å². The Kier molecular flexibility index (Phi) is 5.04. The zero-order chi connectivity index (χ0) is 17.0. The molecule has 0 bridgehead atoms. The topological polar surface area (TPSA) is 86.9 Å². The fourth-order valence-electron chi connectivity index (χ4n) is 1.71. The van der Waals surface area contributed by atoms with Gasteiger partial charge >= 0.3 is 12.2 Å². The Hall–Kier alpha value is -2.36. The first-order valence-corrected chi connectivity index (χ1v) is 7.39. The van der Waals surface area contributed by atoms with Gasteiger partial charge in [-0.15, -0.1) is 11.3 Å². The minimum atomic E-state index is -4.61. The van der Waals surface area contributed by atoms with E-state index < -0.39 is 29.0 Å². The first kappa shape index (κ1) is 17.0. The number of amides is 2. The number of aromatic nitrogens is 2. The van der Waals surface area contributed by atoms with Crippen molar-refractivity contribution in [1.29, 1.82) is 0 Å². The Balaban J connectivity index is 1.93. The lowest BCUT2D eigenvalue weighted by Crippen LogP contribution is -2.32. The second-order valence-electron chi connectivity index (χ2n) is 4.64. The molecule has 10 heteroatoms. The molecule has 0 spiro atoms. The summed E-state index contributed by atoms with van der Waals surface area (Å²) in [6.45, 7) is 2.09. The predicted octanol–water partition coefficient (Wildman–Crippen LogP) is 2.52. The van der Waals surface area contributed by atoms with Crippen LogP contribution >= 0.6 is 11.3 Å². The summed E-state index contributed by atoms with van der Waals surface area (Å²) < 4.78 is 37.7. The number of anilines is 1. The second-order valence-corrected chi connectivity index (χ2v) is 5.59. The van der Waals surface area contributed by atoms with Gasteiger partial charge in [0.15, 0.2) is 0 Å². The summed E-state index contributed by atoms with van der Waals surface area (Å²) in [6, 6.07) is -0.175. The van der Waals surface area contributed by atoms with Gasteiger partial charge in [0.2, 0.25) is 0 Å². The summed E-state index contributed by atoms with van der Waals surface area (Å²) in [5.74, 6) is 0. The fourth-order valence-corrected chi connectivity index (χ4v) is 2.48. The molecule has 0 aliphatic heterocycles. The van der Waals surface area contributed by atoms with Crippen LogP contribution in [0.15, 0.2) is 22.4 Å². The van der Waals surface area contributed by atoms with E-state index >= 15 is 0 Å². The number of aryl methyl sites for hydroxylation is 1. The zero-order valence-corrected chi connectivity index (χ0v) is 12.8. The minimum Gasteiger partial charge on any atom is -0.337 e. The maximum absolute atomic E-state index is 12.6. The Morgan fingerprint density at radius 1 is 1.43 bits per heavy atom. The van der Waals surface area contributed by atoms with Crippen molar-refractivity contribution in [2.45, 2.75) is 19.5 Å². The van der Waals surface area contributed by atoms with Crippen molar-refractivity contribution in [3.63, 3.8) is 0 Å². The molecule has 6 nitrogen and oxygen atoms in total. The molecule has 2 heterocycles. The maximum Gasteiger partial charge on any atom is 0.417 e. The Morgan fingerprint density at radius 2 is 2.17 bits per heavy atom. The Bertz CT molecular complexity index is 754. The Labute approximate surface area is 132 Å². The molecule has 124 valence electrons. The molecule has 2 aromatic heterocycles. The molecule has 0 saturated carbocycles. The zero-order valence-electron chi connectivity index (χ0n) is 12.0. The smallest absolute Gasteiger partial charge is 0.337 e. The van der Waals surface area contributed by atoms with Crippen LogP contribution in [0.5, 0.6) is 0 Å². The van der Waals surface area contributed by atoms with E-state index in [1.54, 1.807) is 0 Å². The van der Waals surface area contributed by atoms with Crippen molar-refractivity contribution in [3.8, 4) is 0 Å². The number of pyridine rings is 1. The van der Waals surface area contributed by atoms with Gasteiger partial charge in [-0.1, -0.05) is 0 Å². The van der Waals surface area contributed by atoms with Gasteiger partial charge in [0.1, 0.15) is 5.69 Å². The van der Waals surface area contributed by atoms with Crippen LogP contribution in [0.25, 0.3) is 0 Å². The first-order chi connectivity index (χ1) is 10.8. The lowest BCUT2D eigenvalue weighted by atomic mass is 10.2. The summed E-state index contributed by atoms with van der Waals surface area (Å²) in [7, 11) is 0. The van der Waals surface area contributed by atoms with E-state index in [9.17, 15) is 22.8 Å². The number of rotatable bonds is 4. The number of urea groups is 1. The van der Waals surface area contributed by atoms with E-state index in [0.717, 1.165) is 10.7 Å². The monoisotopic (exact) mass is 346 g/mol. The molecule has 2 rings (SSSR count). The number of halogens is 3. The van der Waals surface area contributed by atoms with Gasteiger partial charge in [0.05, 0.1) is 10.6 Å². The highest BCUT2D eigenvalue weighted by atomic mass is 32.1. The van der Waals surface area contributed by atoms with E-state index in [4.69, 9.17) is 0 Å². The number of carbonyl (C=O) groups is 1. The molecular formula is C13H13F3N4O2S. The van der Waals surface area contributed by atoms with Crippen molar-refractivity contribution in [3.05, 3.63) is 44.3 Å². The summed E-state index contributed by atoms with van der Waals surface area (Å²) >= 11 is 1.45. The Morgan fingerprint density at radius 3 is 2.78 bits per heavy atom. The highest BCUT2D eigenvalue weighted by Crippen LogP contribution is 2.29. The molecule has 3 N–H and O–H groups in total. The van der Waals surface area contributed by atoms with E-state index in [0.29, 0.717) is 18.7 Å². The van der Waals surface area contributed by atoms with Crippen LogP contribution in [-0.2, 0) is 12.6 Å². The molecule has 0 saturated heterocycles. The van der Waals surface area contributed by atoms with Gasteiger partial charge < -0.3 is 15.6 Å². The number of nitrogens with one attached hydrogen (secondary N) is 3. The van der Waals surface area contributed by atoms with Gasteiger partial charge in [-0.2, -0.15) is 13.2 Å². The third-order valence-corrected chi connectivity index (χ3v) is 3.80. The van der Waals surface area contributed by atoms with Gasteiger partial charge in [0.25, 0.3) is 5.56 Å². The molecule has 0 fully saturated rings. The normalized spacial score (nSPS) is 11.3. The highest BCUT2D eigenvalue weighted by molar-refractivity contribution is 7.09. The maximum atomic E-state index is 12.6. The number of nitrogens with zero attached hydrogens (tertiary/aromatic N) is 1. The minimum absolute atomic E-state index is 0.246. The number of hydrogen-bond acceptors (Lipinski definition) is 4. The number of aromatic amines is 1. The highest BCUT2D eigenvalue weighted by Gasteiger charge is 2.31. The van der Waals surface area contributed by atoms with E-state index in [1.165, 1.54) is 11.3 Å². The predicted molar refractivity (Wildman–Crippen MR) is 79.6 cm³/mol. The molecule has 0 atom stereocenters. The third kappa shape index (κ3) is 4.81. The summed E-state index contributed by atoms with van der Waals surface area (Å²) in [6.07, 6.45) is -3.57. The summed E-state index contributed by atoms with van der Waals surface area (Å²) in [5, 5.41) is 7.27. The molecule has 2 aromatic rings. The van der Waals surface area contributed by atoms with E-state index in [-0.39, 0.29) is 6.54 Å². The average Bonchev–Trinajstić information content (AvgIpc) is 2.85. The fraction of sp³-hybridized carbons (Fsp3) is 0.308. The van der Waals surface area contributed by atoms with Crippen LogP contribution in [0, 0.1) is 6.92 Å². The van der Waals surface area contributed by atoms with Crippen LogP contribution in [0.2, 0.25) is 0 Å². The number of thiazole rings is 1. The SMILES string of the molecule is Cc1csc(CCNC(=O)Nc2cc(C(F)(F)F)c[nH]c2=O)n1. The van der Waals surface area contributed by atoms with Gasteiger partial charge in [0, 0.05) is 30.2 Å². The molecular weight excluding hydrogens is 333 g/mol. The molecule has 23 heavy (non-hydrogen) atoms. The van der Waals surface area contributed by atoms with Crippen LogP contribution in [0.3, 0.4) is 0 Å². The molecule has 2 amide bonds. The molecule has 0 aliphatic carbocycles. The third-order valence-electron chi connectivity index (χ3n) is 2.77. The number of alkyl halides is 3. The van der Waals surface area contributed by atoms with E-state index in [2.05, 4.69) is 15.6 Å². The van der Waals surface area contributed by atoms with Gasteiger partial charge in [-0.25, -0.2) is 9.78 Å². The van der Waals surface area contributed by atoms with Crippen LogP contribution < -0.4 is 16.2 Å². The summed E-state index contributed by atoms with van der Waals surface area (Å²) in [4.78, 5) is 29.3.